The van der Waals surface area contributed by atoms with Crippen molar-refractivity contribution in [1.29, 1.82) is 0 Å². The topological polar surface area (TPSA) is 70.6 Å². The average Bonchev–Trinajstić information content (AvgIpc) is 3.45. The van der Waals surface area contributed by atoms with Gasteiger partial charge in [-0.15, -0.1) is 11.3 Å². The summed E-state index contributed by atoms with van der Waals surface area (Å²) >= 11 is 7.64. The van der Waals surface area contributed by atoms with Gasteiger partial charge < -0.3 is 4.90 Å². The second kappa shape index (κ2) is 9.07. The number of halogens is 1. The van der Waals surface area contributed by atoms with Gasteiger partial charge in [0, 0.05) is 41.1 Å². The molecular weight excluding hydrogens is 490 g/mol. The quantitative estimate of drug-likeness (QED) is 0.475. The maximum atomic E-state index is 13.3. The minimum Gasteiger partial charge on any atom is -0.304 e. The summed E-state index contributed by atoms with van der Waals surface area (Å²) < 4.78 is 27.7. The van der Waals surface area contributed by atoms with E-state index in [4.69, 9.17) is 16.6 Å². The molecule has 1 fully saturated rings. The van der Waals surface area contributed by atoms with E-state index in [1.54, 1.807) is 12.1 Å². The molecule has 2 aliphatic rings. The minimum absolute atomic E-state index is 0.0730. The lowest BCUT2D eigenvalue weighted by Crippen LogP contribution is -2.38. The fraction of sp³-hybridized carbons (Fsp3) is 0.360. The highest BCUT2D eigenvalue weighted by atomic mass is 35.5. The Balaban J connectivity index is 1.27. The molecule has 34 heavy (non-hydrogen) atoms. The Labute approximate surface area is 209 Å². The van der Waals surface area contributed by atoms with Crippen molar-refractivity contribution in [3.8, 4) is 0 Å². The first-order valence-electron chi connectivity index (χ1n) is 11.4. The van der Waals surface area contributed by atoms with E-state index in [1.807, 2.05) is 35.4 Å². The lowest BCUT2D eigenvalue weighted by molar-refractivity contribution is 0.0977. The molecule has 0 spiro atoms. The number of carbonyl (C=O) groups is 1. The third kappa shape index (κ3) is 4.17. The molecule has 178 valence electrons. The second-order valence-electron chi connectivity index (χ2n) is 9.02. The zero-order valence-corrected chi connectivity index (χ0v) is 21.5. The van der Waals surface area contributed by atoms with Gasteiger partial charge in [0.15, 0.2) is 0 Å². The minimum atomic E-state index is -3.59. The molecule has 1 aromatic heterocycles. The van der Waals surface area contributed by atoms with E-state index in [9.17, 15) is 13.2 Å². The van der Waals surface area contributed by atoms with Crippen molar-refractivity contribution in [2.24, 2.45) is 0 Å². The van der Waals surface area contributed by atoms with Crippen molar-refractivity contribution >= 4 is 44.6 Å². The maximum absolute atomic E-state index is 13.3. The number of anilines is 1. The number of hydrogen-bond donors (Lipinski definition) is 0. The number of nitrogens with zero attached hydrogens (tertiary/aromatic N) is 3. The van der Waals surface area contributed by atoms with Crippen molar-refractivity contribution in [3.63, 3.8) is 0 Å². The molecular formula is C25H26ClN3O3S2. The van der Waals surface area contributed by atoms with E-state index in [1.165, 1.54) is 27.3 Å². The van der Waals surface area contributed by atoms with Crippen molar-refractivity contribution in [1.82, 2.24) is 9.29 Å². The van der Waals surface area contributed by atoms with Crippen LogP contribution in [0.2, 0.25) is 5.02 Å². The second-order valence-corrected chi connectivity index (χ2v) is 12.3. The number of sulfonamides is 1. The summed E-state index contributed by atoms with van der Waals surface area (Å²) in [7, 11) is -3.59. The van der Waals surface area contributed by atoms with E-state index in [-0.39, 0.29) is 22.8 Å². The molecule has 1 unspecified atom stereocenters. The van der Waals surface area contributed by atoms with Crippen molar-refractivity contribution in [2.75, 3.05) is 18.0 Å². The molecule has 2 aromatic carbocycles. The van der Waals surface area contributed by atoms with E-state index in [2.05, 4.69) is 13.0 Å². The molecule has 3 aromatic rings. The van der Waals surface area contributed by atoms with E-state index >= 15 is 0 Å². The van der Waals surface area contributed by atoms with Gasteiger partial charge in [-0.25, -0.2) is 13.4 Å². The predicted molar refractivity (Wildman–Crippen MR) is 135 cm³/mol. The van der Waals surface area contributed by atoms with Crippen LogP contribution in [0.3, 0.4) is 0 Å². The van der Waals surface area contributed by atoms with Gasteiger partial charge in [0.1, 0.15) is 5.69 Å². The highest BCUT2D eigenvalue weighted by molar-refractivity contribution is 7.89. The highest BCUT2D eigenvalue weighted by Crippen LogP contribution is 2.36. The Morgan fingerprint density at radius 1 is 1.15 bits per heavy atom. The molecule has 3 heterocycles. The normalized spacial score (nSPS) is 19.4. The van der Waals surface area contributed by atoms with Crippen LogP contribution in [0.15, 0.2) is 52.7 Å². The summed E-state index contributed by atoms with van der Waals surface area (Å²) in [4.78, 5) is 20.0. The molecule has 6 nitrogen and oxygen atoms in total. The fourth-order valence-corrected chi connectivity index (χ4v) is 7.50. The standard InChI is InChI=1S/C25H26ClN3O3S2/c1-16-7-8-20(14-21(16)26)34(31,32)28-11-9-18(10-12-28)24-27-22(15-33-24)25(30)29-17(2)13-19-5-3-4-6-23(19)29/h3-8,14-15,17-18H,9-13H2,1-2H3. The molecule has 0 bridgehead atoms. The van der Waals surface area contributed by atoms with Crippen molar-refractivity contribution in [2.45, 2.75) is 50.0 Å². The molecule has 5 rings (SSSR count). The third-order valence-electron chi connectivity index (χ3n) is 6.75. The number of carbonyl (C=O) groups excluding carboxylic acids is 1. The molecule has 0 aliphatic carbocycles. The summed E-state index contributed by atoms with van der Waals surface area (Å²) in [5, 5.41) is 3.19. The SMILES string of the molecule is Cc1ccc(S(=O)(=O)N2CCC(c3nc(C(=O)N4c5ccccc5CC4C)cs3)CC2)cc1Cl. The fourth-order valence-electron chi connectivity index (χ4n) is 4.80. The lowest BCUT2D eigenvalue weighted by atomic mass is 9.99. The summed E-state index contributed by atoms with van der Waals surface area (Å²) in [6.45, 7) is 4.73. The molecule has 2 aliphatic heterocycles. The largest absolute Gasteiger partial charge is 0.304 e. The number of thiazole rings is 1. The number of piperidine rings is 1. The number of hydrogen-bond acceptors (Lipinski definition) is 5. The molecule has 1 amide bonds. The number of para-hydroxylation sites is 1. The van der Waals surface area contributed by atoms with Gasteiger partial charge in [-0.05, 0) is 62.4 Å². The van der Waals surface area contributed by atoms with Crippen LogP contribution in [0.5, 0.6) is 0 Å². The van der Waals surface area contributed by atoms with Crippen LogP contribution < -0.4 is 4.90 Å². The van der Waals surface area contributed by atoms with Gasteiger partial charge in [-0.3, -0.25) is 4.79 Å². The first-order chi connectivity index (χ1) is 16.3. The molecule has 0 radical (unpaired) electrons. The van der Waals surface area contributed by atoms with E-state index < -0.39 is 10.0 Å². The summed E-state index contributed by atoms with van der Waals surface area (Å²) in [5.74, 6) is 0.0686. The lowest BCUT2D eigenvalue weighted by Gasteiger charge is -2.30. The van der Waals surface area contributed by atoms with Crippen LogP contribution in [-0.2, 0) is 16.4 Å². The Hall–Kier alpha value is -2.26. The van der Waals surface area contributed by atoms with Gasteiger partial charge in [-0.2, -0.15) is 4.31 Å². The van der Waals surface area contributed by atoms with Gasteiger partial charge >= 0.3 is 0 Å². The number of aryl methyl sites for hydroxylation is 1. The third-order valence-corrected chi connectivity index (χ3v) is 10.1. The van der Waals surface area contributed by atoms with Crippen LogP contribution in [0.25, 0.3) is 0 Å². The molecule has 0 N–H and O–H groups in total. The summed E-state index contributed by atoms with van der Waals surface area (Å²) in [5.41, 5.74) is 3.46. The number of amides is 1. The first kappa shape index (κ1) is 23.5. The molecule has 0 saturated carbocycles. The smallest absolute Gasteiger partial charge is 0.278 e. The number of benzene rings is 2. The van der Waals surface area contributed by atoms with Crippen LogP contribution in [-0.4, -0.2) is 42.7 Å². The van der Waals surface area contributed by atoms with Crippen molar-refractivity contribution < 1.29 is 13.2 Å². The average molecular weight is 516 g/mol. The zero-order valence-electron chi connectivity index (χ0n) is 19.1. The first-order valence-corrected chi connectivity index (χ1v) is 14.1. The number of fused-ring (bicyclic) bond motifs is 1. The predicted octanol–water partition coefficient (Wildman–Crippen LogP) is 5.26. The molecule has 1 atom stereocenters. The Bertz CT molecular complexity index is 1350. The van der Waals surface area contributed by atoms with Crippen LogP contribution in [0.1, 0.15) is 52.3 Å². The van der Waals surface area contributed by atoms with E-state index in [0.717, 1.165) is 22.7 Å². The van der Waals surface area contributed by atoms with Crippen LogP contribution >= 0.6 is 22.9 Å². The molecule has 1 saturated heterocycles. The van der Waals surface area contributed by atoms with Gasteiger partial charge in [0.05, 0.1) is 9.90 Å². The summed E-state index contributed by atoms with van der Waals surface area (Å²) in [6.07, 6.45) is 2.18. The van der Waals surface area contributed by atoms with Crippen molar-refractivity contribution in [3.05, 3.63) is 74.7 Å². The van der Waals surface area contributed by atoms with Crippen LogP contribution in [0.4, 0.5) is 5.69 Å². The van der Waals surface area contributed by atoms with Gasteiger partial charge in [0.2, 0.25) is 10.0 Å². The van der Waals surface area contributed by atoms with Gasteiger partial charge in [0.25, 0.3) is 5.91 Å². The summed E-state index contributed by atoms with van der Waals surface area (Å²) in [6, 6.07) is 13.0. The number of aromatic nitrogens is 1. The zero-order chi connectivity index (χ0) is 24.0. The van der Waals surface area contributed by atoms with Crippen LogP contribution in [0, 0.1) is 6.92 Å². The van der Waals surface area contributed by atoms with E-state index in [0.29, 0.717) is 36.6 Å². The number of rotatable bonds is 4. The Kier molecular flexibility index (Phi) is 6.27. The molecule has 9 heteroatoms. The highest BCUT2D eigenvalue weighted by Gasteiger charge is 2.34. The Morgan fingerprint density at radius 2 is 1.88 bits per heavy atom. The maximum Gasteiger partial charge on any atom is 0.278 e. The van der Waals surface area contributed by atoms with Gasteiger partial charge in [-0.1, -0.05) is 35.9 Å². The Morgan fingerprint density at radius 3 is 2.62 bits per heavy atom. The monoisotopic (exact) mass is 515 g/mol.